The normalized spacial score (nSPS) is 29.0. The largest absolute Gasteiger partial charge is 0.387 e. The minimum absolute atomic E-state index is 0.229. The van der Waals surface area contributed by atoms with Crippen molar-refractivity contribution in [3.05, 3.63) is 35.9 Å². The van der Waals surface area contributed by atoms with Crippen LogP contribution in [0.1, 0.15) is 31.4 Å². The van der Waals surface area contributed by atoms with Gasteiger partial charge in [-0.1, -0.05) is 30.3 Å². The van der Waals surface area contributed by atoms with E-state index in [4.69, 9.17) is 0 Å². The Morgan fingerprint density at radius 1 is 1.29 bits per heavy atom. The molecular weight excluding hydrogens is 174 g/mol. The van der Waals surface area contributed by atoms with Crippen LogP contribution in [0.3, 0.4) is 0 Å². The van der Waals surface area contributed by atoms with Crippen LogP contribution in [-0.4, -0.2) is 17.2 Å². The standard InChI is InChI=1S/C12H17NO/c1-9-7-8-11(13-9)12(14)10-5-3-2-4-6-10/h2-6,9,11-14H,7-8H2,1H3. The Morgan fingerprint density at radius 3 is 2.57 bits per heavy atom. The van der Waals surface area contributed by atoms with Crippen molar-refractivity contribution in [1.29, 1.82) is 0 Å². The highest BCUT2D eigenvalue weighted by molar-refractivity contribution is 5.19. The van der Waals surface area contributed by atoms with Gasteiger partial charge in [0.2, 0.25) is 0 Å². The zero-order valence-electron chi connectivity index (χ0n) is 8.48. The van der Waals surface area contributed by atoms with E-state index in [1.54, 1.807) is 0 Å². The third-order valence-electron chi connectivity index (χ3n) is 2.93. The lowest BCUT2D eigenvalue weighted by molar-refractivity contribution is 0.135. The molecule has 2 nitrogen and oxygen atoms in total. The predicted octanol–water partition coefficient (Wildman–Crippen LogP) is 1.86. The molecule has 3 atom stereocenters. The maximum atomic E-state index is 10.1. The van der Waals surface area contributed by atoms with E-state index >= 15 is 0 Å². The summed E-state index contributed by atoms with van der Waals surface area (Å²) in [5.74, 6) is 0. The van der Waals surface area contributed by atoms with Crippen LogP contribution in [-0.2, 0) is 0 Å². The number of aliphatic hydroxyl groups is 1. The van der Waals surface area contributed by atoms with Gasteiger partial charge in [-0.2, -0.15) is 0 Å². The van der Waals surface area contributed by atoms with Gasteiger partial charge in [0.15, 0.2) is 0 Å². The monoisotopic (exact) mass is 191 g/mol. The molecule has 2 heteroatoms. The van der Waals surface area contributed by atoms with E-state index in [-0.39, 0.29) is 12.1 Å². The molecule has 0 amide bonds. The summed E-state index contributed by atoms with van der Waals surface area (Å²) in [5, 5.41) is 13.5. The topological polar surface area (TPSA) is 32.3 Å². The average molecular weight is 191 g/mol. The maximum Gasteiger partial charge on any atom is 0.0943 e. The summed E-state index contributed by atoms with van der Waals surface area (Å²) in [5.41, 5.74) is 1.01. The first-order chi connectivity index (χ1) is 6.77. The maximum absolute atomic E-state index is 10.1. The van der Waals surface area contributed by atoms with Crippen molar-refractivity contribution in [3.8, 4) is 0 Å². The van der Waals surface area contributed by atoms with Gasteiger partial charge in [-0.05, 0) is 25.3 Å². The zero-order valence-corrected chi connectivity index (χ0v) is 8.48. The molecule has 0 aromatic heterocycles. The average Bonchev–Trinajstić information content (AvgIpc) is 2.65. The molecule has 2 N–H and O–H groups in total. The van der Waals surface area contributed by atoms with Crippen molar-refractivity contribution in [2.24, 2.45) is 0 Å². The third kappa shape index (κ3) is 1.97. The lowest BCUT2D eigenvalue weighted by atomic mass is 10.0. The highest BCUT2D eigenvalue weighted by Crippen LogP contribution is 2.24. The molecule has 14 heavy (non-hydrogen) atoms. The van der Waals surface area contributed by atoms with Crippen molar-refractivity contribution < 1.29 is 5.11 Å². The molecule has 0 saturated carbocycles. The summed E-state index contributed by atoms with van der Waals surface area (Å²) in [4.78, 5) is 0. The van der Waals surface area contributed by atoms with Crippen molar-refractivity contribution in [3.63, 3.8) is 0 Å². The van der Waals surface area contributed by atoms with Crippen LogP contribution < -0.4 is 5.32 Å². The van der Waals surface area contributed by atoms with E-state index in [9.17, 15) is 5.11 Å². The first kappa shape index (κ1) is 9.69. The smallest absolute Gasteiger partial charge is 0.0943 e. The van der Waals surface area contributed by atoms with Crippen LogP contribution in [0.15, 0.2) is 30.3 Å². The minimum atomic E-state index is -0.360. The molecule has 0 aliphatic carbocycles. The molecule has 1 aromatic carbocycles. The van der Waals surface area contributed by atoms with E-state index in [0.717, 1.165) is 18.4 Å². The molecule has 0 spiro atoms. The van der Waals surface area contributed by atoms with Crippen LogP contribution in [0.2, 0.25) is 0 Å². The molecule has 1 aromatic rings. The van der Waals surface area contributed by atoms with Gasteiger partial charge in [0.25, 0.3) is 0 Å². The molecule has 0 radical (unpaired) electrons. The first-order valence-electron chi connectivity index (χ1n) is 5.26. The second kappa shape index (κ2) is 4.11. The lowest BCUT2D eigenvalue weighted by Gasteiger charge is -2.19. The zero-order chi connectivity index (χ0) is 9.97. The van der Waals surface area contributed by atoms with Gasteiger partial charge in [-0.15, -0.1) is 0 Å². The molecule has 1 saturated heterocycles. The van der Waals surface area contributed by atoms with Crippen LogP contribution >= 0.6 is 0 Å². The Kier molecular flexibility index (Phi) is 2.85. The van der Waals surface area contributed by atoms with Crippen LogP contribution in [0.4, 0.5) is 0 Å². The number of aliphatic hydroxyl groups excluding tert-OH is 1. The van der Waals surface area contributed by atoms with Gasteiger partial charge in [-0.25, -0.2) is 0 Å². The quantitative estimate of drug-likeness (QED) is 0.748. The van der Waals surface area contributed by atoms with E-state index in [1.807, 2.05) is 30.3 Å². The molecule has 1 heterocycles. The highest BCUT2D eigenvalue weighted by atomic mass is 16.3. The number of rotatable bonds is 2. The van der Waals surface area contributed by atoms with Crippen LogP contribution in [0.25, 0.3) is 0 Å². The fourth-order valence-electron chi connectivity index (χ4n) is 2.09. The van der Waals surface area contributed by atoms with Crippen molar-refractivity contribution in [1.82, 2.24) is 5.32 Å². The second-order valence-corrected chi connectivity index (χ2v) is 4.11. The predicted molar refractivity (Wildman–Crippen MR) is 57.0 cm³/mol. The molecular formula is C12H17NO. The van der Waals surface area contributed by atoms with Gasteiger partial charge >= 0.3 is 0 Å². The summed E-state index contributed by atoms with van der Waals surface area (Å²) in [6.45, 7) is 2.16. The van der Waals surface area contributed by atoms with Crippen LogP contribution in [0.5, 0.6) is 0 Å². The van der Waals surface area contributed by atoms with E-state index in [1.165, 1.54) is 0 Å². The Hall–Kier alpha value is -0.860. The van der Waals surface area contributed by atoms with Crippen molar-refractivity contribution in [2.45, 2.75) is 38.0 Å². The summed E-state index contributed by atoms with van der Waals surface area (Å²) >= 11 is 0. The van der Waals surface area contributed by atoms with Gasteiger partial charge in [0, 0.05) is 12.1 Å². The fourth-order valence-corrected chi connectivity index (χ4v) is 2.09. The summed E-state index contributed by atoms with van der Waals surface area (Å²) in [7, 11) is 0. The lowest BCUT2D eigenvalue weighted by Crippen LogP contribution is -2.32. The summed E-state index contributed by atoms with van der Waals surface area (Å²) in [6, 6.07) is 10.6. The number of nitrogens with one attached hydrogen (secondary N) is 1. The molecule has 3 unspecified atom stereocenters. The highest BCUT2D eigenvalue weighted by Gasteiger charge is 2.27. The SMILES string of the molecule is CC1CCC(C(O)c2ccccc2)N1. The Morgan fingerprint density at radius 2 is 2.00 bits per heavy atom. The number of benzene rings is 1. The third-order valence-corrected chi connectivity index (χ3v) is 2.93. The molecule has 2 rings (SSSR count). The molecule has 1 aliphatic heterocycles. The fraction of sp³-hybridized carbons (Fsp3) is 0.500. The Bertz CT molecular complexity index is 286. The summed E-state index contributed by atoms with van der Waals surface area (Å²) < 4.78 is 0. The van der Waals surface area contributed by atoms with E-state index in [0.29, 0.717) is 6.04 Å². The van der Waals surface area contributed by atoms with Gasteiger partial charge < -0.3 is 10.4 Å². The van der Waals surface area contributed by atoms with Gasteiger partial charge in [0.05, 0.1) is 6.10 Å². The minimum Gasteiger partial charge on any atom is -0.387 e. The molecule has 1 fully saturated rings. The summed E-state index contributed by atoms with van der Waals surface area (Å²) in [6.07, 6.45) is 1.87. The number of hydrogen-bond donors (Lipinski definition) is 2. The van der Waals surface area contributed by atoms with E-state index in [2.05, 4.69) is 12.2 Å². The second-order valence-electron chi connectivity index (χ2n) is 4.11. The Balaban J connectivity index is 2.05. The van der Waals surface area contributed by atoms with Crippen molar-refractivity contribution >= 4 is 0 Å². The van der Waals surface area contributed by atoms with E-state index < -0.39 is 0 Å². The molecule has 0 bridgehead atoms. The first-order valence-corrected chi connectivity index (χ1v) is 5.26. The van der Waals surface area contributed by atoms with Crippen molar-refractivity contribution in [2.75, 3.05) is 0 Å². The van der Waals surface area contributed by atoms with Crippen LogP contribution in [0, 0.1) is 0 Å². The molecule has 76 valence electrons. The Labute approximate surface area is 85.0 Å². The number of hydrogen-bond acceptors (Lipinski definition) is 2. The van der Waals surface area contributed by atoms with Gasteiger partial charge in [-0.3, -0.25) is 0 Å². The molecule has 1 aliphatic rings. The van der Waals surface area contributed by atoms with Gasteiger partial charge in [0.1, 0.15) is 0 Å².